The highest BCUT2D eigenvalue weighted by Gasteiger charge is 2.29. The van der Waals surface area contributed by atoms with Crippen molar-refractivity contribution in [2.24, 2.45) is 5.73 Å². The summed E-state index contributed by atoms with van der Waals surface area (Å²) in [6, 6.07) is -0.369. The van der Waals surface area contributed by atoms with E-state index < -0.39 is 0 Å². The van der Waals surface area contributed by atoms with Crippen molar-refractivity contribution in [3.05, 3.63) is 0 Å². The van der Waals surface area contributed by atoms with Gasteiger partial charge in [0.15, 0.2) is 0 Å². The number of carbonyl (C=O) groups excluding carboxylic acids is 1. The fraction of sp³-hybridized carbons (Fsp3) is 0.923. The molecule has 0 radical (unpaired) electrons. The summed E-state index contributed by atoms with van der Waals surface area (Å²) in [6.45, 7) is 7.33. The number of nitrogens with two attached hydrogens (primary N) is 1. The molecule has 3 N–H and O–H groups in total. The number of likely N-dealkylation sites (tertiary alicyclic amines) is 1. The van der Waals surface area contributed by atoms with Gasteiger partial charge in [0.1, 0.15) is 0 Å². The molecule has 5 heteroatoms. The Labute approximate surface area is 115 Å². The summed E-state index contributed by atoms with van der Waals surface area (Å²) in [4.78, 5) is 14.3. The maximum Gasteiger partial charge on any atom is 0.237 e. The second-order valence-electron chi connectivity index (χ2n) is 5.61. The second-order valence-corrected chi connectivity index (χ2v) is 6.60. The lowest BCUT2D eigenvalue weighted by Gasteiger charge is -2.35. The molecule has 0 aromatic heterocycles. The van der Waals surface area contributed by atoms with Crippen molar-refractivity contribution in [1.82, 2.24) is 10.2 Å². The summed E-state index contributed by atoms with van der Waals surface area (Å²) in [6.07, 6.45) is 5.31. The number of rotatable bonds is 7. The molecular weight excluding hydrogens is 246 g/mol. The Kier molecular flexibility index (Phi) is 6.46. The van der Waals surface area contributed by atoms with Crippen molar-refractivity contribution in [3.63, 3.8) is 0 Å². The molecule has 4 nitrogen and oxygen atoms in total. The first-order chi connectivity index (χ1) is 8.47. The molecule has 0 aliphatic carbocycles. The highest BCUT2D eigenvalue weighted by molar-refractivity contribution is 7.98. The highest BCUT2D eigenvalue weighted by atomic mass is 32.2. The highest BCUT2D eigenvalue weighted by Crippen LogP contribution is 2.20. The summed E-state index contributed by atoms with van der Waals surface area (Å²) >= 11 is 1.72. The molecule has 1 atom stereocenters. The molecule has 0 unspecified atom stereocenters. The third-order valence-electron chi connectivity index (χ3n) is 3.63. The van der Waals surface area contributed by atoms with E-state index in [0.717, 1.165) is 25.3 Å². The molecule has 1 aliphatic rings. The van der Waals surface area contributed by atoms with Gasteiger partial charge in [0.2, 0.25) is 5.91 Å². The van der Waals surface area contributed by atoms with E-state index in [1.54, 1.807) is 11.8 Å². The van der Waals surface area contributed by atoms with Gasteiger partial charge in [0.25, 0.3) is 0 Å². The normalized spacial score (nSPS) is 18.9. The minimum atomic E-state index is -0.369. The average molecular weight is 273 g/mol. The van der Waals surface area contributed by atoms with Crippen LogP contribution in [0.1, 0.15) is 33.1 Å². The van der Waals surface area contributed by atoms with Crippen LogP contribution in [-0.4, -0.2) is 54.0 Å². The standard InChI is InChI=1S/C13H27N3OS/c1-13(2,16-7-4-5-8-16)10-15-12(17)11(14)6-9-18-3/h11H,4-10,14H2,1-3H3,(H,15,17)/t11-/m0/s1. The average Bonchev–Trinajstić information content (AvgIpc) is 2.87. The zero-order valence-corrected chi connectivity index (χ0v) is 12.7. The summed E-state index contributed by atoms with van der Waals surface area (Å²) in [5.74, 6) is 0.917. The maximum atomic E-state index is 11.8. The SMILES string of the molecule is CSCC[C@H](N)C(=O)NCC(C)(C)N1CCCC1. The van der Waals surface area contributed by atoms with E-state index >= 15 is 0 Å². The molecule has 1 aliphatic heterocycles. The second kappa shape index (κ2) is 7.36. The van der Waals surface area contributed by atoms with Gasteiger partial charge in [-0.05, 0) is 58.2 Å². The summed E-state index contributed by atoms with van der Waals surface area (Å²) in [5.41, 5.74) is 5.88. The van der Waals surface area contributed by atoms with Gasteiger partial charge in [-0.15, -0.1) is 0 Å². The smallest absolute Gasteiger partial charge is 0.237 e. The number of hydrogen-bond acceptors (Lipinski definition) is 4. The van der Waals surface area contributed by atoms with Gasteiger partial charge < -0.3 is 11.1 Å². The lowest BCUT2D eigenvalue weighted by atomic mass is 10.0. The summed E-state index contributed by atoms with van der Waals surface area (Å²) < 4.78 is 0. The Morgan fingerprint density at radius 3 is 2.61 bits per heavy atom. The molecule has 0 saturated carbocycles. The minimum Gasteiger partial charge on any atom is -0.353 e. The Hall–Kier alpha value is -0.260. The van der Waals surface area contributed by atoms with E-state index in [9.17, 15) is 4.79 Å². The number of thioether (sulfide) groups is 1. The number of amides is 1. The zero-order valence-electron chi connectivity index (χ0n) is 11.9. The van der Waals surface area contributed by atoms with Gasteiger partial charge in [-0.1, -0.05) is 0 Å². The van der Waals surface area contributed by atoms with Crippen LogP contribution < -0.4 is 11.1 Å². The van der Waals surface area contributed by atoms with E-state index in [1.165, 1.54) is 12.8 Å². The molecular formula is C13H27N3OS. The van der Waals surface area contributed by atoms with Crippen LogP contribution in [0.3, 0.4) is 0 Å². The van der Waals surface area contributed by atoms with E-state index in [0.29, 0.717) is 6.54 Å². The molecule has 0 bridgehead atoms. The van der Waals surface area contributed by atoms with Gasteiger partial charge in [0.05, 0.1) is 6.04 Å². The van der Waals surface area contributed by atoms with Crippen LogP contribution >= 0.6 is 11.8 Å². The minimum absolute atomic E-state index is 0.0173. The van der Waals surface area contributed by atoms with E-state index in [-0.39, 0.29) is 17.5 Å². The summed E-state index contributed by atoms with van der Waals surface area (Å²) in [7, 11) is 0. The molecule has 1 amide bonds. The van der Waals surface area contributed by atoms with Gasteiger partial charge >= 0.3 is 0 Å². The van der Waals surface area contributed by atoms with E-state index in [1.807, 2.05) is 6.26 Å². The molecule has 1 fully saturated rings. The van der Waals surface area contributed by atoms with Crippen LogP contribution in [0.15, 0.2) is 0 Å². The Balaban J connectivity index is 2.32. The zero-order chi connectivity index (χ0) is 13.6. The molecule has 1 saturated heterocycles. The van der Waals surface area contributed by atoms with Gasteiger partial charge in [0, 0.05) is 12.1 Å². The lowest BCUT2D eigenvalue weighted by Crippen LogP contribution is -2.53. The van der Waals surface area contributed by atoms with Crippen molar-refractivity contribution in [2.45, 2.75) is 44.7 Å². The Bertz CT molecular complexity index is 265. The monoisotopic (exact) mass is 273 g/mol. The van der Waals surface area contributed by atoms with Crippen LogP contribution in [-0.2, 0) is 4.79 Å². The quantitative estimate of drug-likeness (QED) is 0.728. The molecule has 1 rings (SSSR count). The van der Waals surface area contributed by atoms with E-state index in [2.05, 4.69) is 24.1 Å². The molecule has 0 aromatic carbocycles. The van der Waals surface area contributed by atoms with Crippen molar-refractivity contribution in [1.29, 1.82) is 0 Å². The lowest BCUT2D eigenvalue weighted by molar-refractivity contribution is -0.122. The predicted octanol–water partition coefficient (Wildman–Crippen LogP) is 1.06. The molecule has 1 heterocycles. The number of carbonyl (C=O) groups is 1. The van der Waals surface area contributed by atoms with E-state index in [4.69, 9.17) is 5.73 Å². The van der Waals surface area contributed by atoms with Crippen molar-refractivity contribution < 1.29 is 4.79 Å². The first-order valence-electron chi connectivity index (χ1n) is 6.74. The molecule has 18 heavy (non-hydrogen) atoms. The van der Waals surface area contributed by atoms with Crippen LogP contribution in [0.25, 0.3) is 0 Å². The first kappa shape index (κ1) is 15.8. The third-order valence-corrected chi connectivity index (χ3v) is 4.27. The molecule has 106 valence electrons. The van der Waals surface area contributed by atoms with Crippen molar-refractivity contribution in [2.75, 3.05) is 31.6 Å². The number of hydrogen-bond donors (Lipinski definition) is 2. The Morgan fingerprint density at radius 1 is 1.44 bits per heavy atom. The first-order valence-corrected chi connectivity index (χ1v) is 8.14. The van der Waals surface area contributed by atoms with Crippen LogP contribution in [0, 0.1) is 0 Å². The fourth-order valence-electron chi connectivity index (χ4n) is 2.24. The van der Waals surface area contributed by atoms with Crippen molar-refractivity contribution in [3.8, 4) is 0 Å². The Morgan fingerprint density at radius 2 is 2.06 bits per heavy atom. The topological polar surface area (TPSA) is 58.4 Å². The maximum absolute atomic E-state index is 11.8. The van der Waals surface area contributed by atoms with Crippen LogP contribution in [0.5, 0.6) is 0 Å². The predicted molar refractivity (Wildman–Crippen MR) is 78.9 cm³/mol. The third kappa shape index (κ3) is 4.78. The van der Waals surface area contributed by atoms with Gasteiger partial charge in [-0.3, -0.25) is 9.69 Å². The van der Waals surface area contributed by atoms with Gasteiger partial charge in [-0.2, -0.15) is 11.8 Å². The fourth-order valence-corrected chi connectivity index (χ4v) is 2.73. The molecule has 0 spiro atoms. The number of nitrogens with one attached hydrogen (secondary N) is 1. The van der Waals surface area contributed by atoms with Crippen LogP contribution in [0.2, 0.25) is 0 Å². The largest absolute Gasteiger partial charge is 0.353 e. The van der Waals surface area contributed by atoms with Crippen molar-refractivity contribution >= 4 is 17.7 Å². The van der Waals surface area contributed by atoms with Crippen LogP contribution in [0.4, 0.5) is 0 Å². The number of nitrogens with zero attached hydrogens (tertiary/aromatic N) is 1. The van der Waals surface area contributed by atoms with Gasteiger partial charge in [-0.25, -0.2) is 0 Å². The molecule has 0 aromatic rings. The summed E-state index contributed by atoms with van der Waals surface area (Å²) in [5, 5.41) is 2.99.